The zero-order chi connectivity index (χ0) is 11.5. The van der Waals surface area contributed by atoms with Gasteiger partial charge in [0.2, 0.25) is 5.91 Å². The van der Waals surface area contributed by atoms with Gasteiger partial charge in [0.15, 0.2) is 6.10 Å². The molecule has 2 rings (SSSR count). The van der Waals surface area contributed by atoms with Crippen LogP contribution in [0.15, 0.2) is 29.4 Å². The summed E-state index contributed by atoms with van der Waals surface area (Å²) in [5, 5.41) is 6.79. The molecule has 0 aliphatic carbocycles. The number of benzene rings is 1. The third-order valence-electron chi connectivity index (χ3n) is 2.53. The molecule has 0 fully saturated rings. The standard InChI is InChI=1S/C11H13N3O2/c1-13-10-6-9(16-14-10)7-4-2-3-5-8(7)11(12)15/h2-5,9H,6H2,1H3,(H2,12,15)(H,13,14). The van der Waals surface area contributed by atoms with Crippen molar-refractivity contribution in [2.75, 3.05) is 7.05 Å². The lowest BCUT2D eigenvalue weighted by Gasteiger charge is -2.11. The van der Waals surface area contributed by atoms with E-state index in [0.717, 1.165) is 11.4 Å². The third kappa shape index (κ3) is 1.84. The number of carbonyl (C=O) groups excluding carboxylic acids is 1. The lowest BCUT2D eigenvalue weighted by Crippen LogP contribution is -2.18. The first kappa shape index (κ1) is 10.5. The van der Waals surface area contributed by atoms with Crippen LogP contribution in [0, 0.1) is 0 Å². The average Bonchev–Trinajstić information content (AvgIpc) is 2.77. The molecular formula is C11H13N3O2. The van der Waals surface area contributed by atoms with Crippen LogP contribution >= 0.6 is 0 Å². The van der Waals surface area contributed by atoms with Gasteiger partial charge in [0.05, 0.1) is 6.42 Å². The second kappa shape index (κ2) is 4.22. The summed E-state index contributed by atoms with van der Waals surface area (Å²) in [6, 6.07) is 7.15. The van der Waals surface area contributed by atoms with Gasteiger partial charge in [0.25, 0.3) is 0 Å². The van der Waals surface area contributed by atoms with Crippen LogP contribution < -0.4 is 11.1 Å². The van der Waals surface area contributed by atoms with E-state index >= 15 is 0 Å². The minimum absolute atomic E-state index is 0.230. The molecule has 5 heteroatoms. The van der Waals surface area contributed by atoms with Crippen molar-refractivity contribution in [2.24, 2.45) is 10.9 Å². The van der Waals surface area contributed by atoms with Crippen molar-refractivity contribution >= 4 is 11.7 Å². The predicted molar refractivity (Wildman–Crippen MR) is 59.9 cm³/mol. The van der Waals surface area contributed by atoms with Crippen molar-refractivity contribution in [3.8, 4) is 0 Å². The lowest BCUT2D eigenvalue weighted by molar-refractivity contribution is 0.0830. The highest BCUT2D eigenvalue weighted by Gasteiger charge is 2.25. The third-order valence-corrected chi connectivity index (χ3v) is 2.53. The number of nitrogens with zero attached hydrogens (tertiary/aromatic N) is 1. The van der Waals surface area contributed by atoms with Crippen molar-refractivity contribution in [3.05, 3.63) is 35.4 Å². The molecule has 16 heavy (non-hydrogen) atoms. The van der Waals surface area contributed by atoms with Crippen molar-refractivity contribution in [2.45, 2.75) is 12.5 Å². The number of oxime groups is 1. The summed E-state index contributed by atoms with van der Waals surface area (Å²) in [6.45, 7) is 0. The lowest BCUT2D eigenvalue weighted by atomic mass is 10.00. The monoisotopic (exact) mass is 219 g/mol. The Labute approximate surface area is 93.3 Å². The Kier molecular flexibility index (Phi) is 2.76. The van der Waals surface area contributed by atoms with Crippen LogP contribution in [0.3, 0.4) is 0 Å². The van der Waals surface area contributed by atoms with Crippen LogP contribution in [0.2, 0.25) is 0 Å². The van der Waals surface area contributed by atoms with Gasteiger partial charge in [-0.15, -0.1) is 0 Å². The number of nitrogens with one attached hydrogen (secondary N) is 1. The highest BCUT2D eigenvalue weighted by atomic mass is 16.6. The highest BCUT2D eigenvalue weighted by molar-refractivity contribution is 5.94. The van der Waals surface area contributed by atoms with Crippen LogP contribution in [0.5, 0.6) is 0 Å². The summed E-state index contributed by atoms with van der Waals surface area (Å²) in [7, 11) is 1.78. The Bertz CT molecular complexity index is 443. The van der Waals surface area contributed by atoms with Crippen molar-refractivity contribution < 1.29 is 9.63 Å². The predicted octanol–water partition coefficient (Wildman–Crippen LogP) is 0.780. The van der Waals surface area contributed by atoms with Crippen LogP contribution in [-0.2, 0) is 4.84 Å². The second-order valence-electron chi connectivity index (χ2n) is 3.54. The second-order valence-corrected chi connectivity index (χ2v) is 3.54. The molecule has 1 atom stereocenters. The maximum absolute atomic E-state index is 11.2. The van der Waals surface area contributed by atoms with E-state index in [4.69, 9.17) is 10.6 Å². The van der Waals surface area contributed by atoms with Gasteiger partial charge in [-0.05, 0) is 6.07 Å². The molecule has 1 amide bonds. The fourth-order valence-electron chi connectivity index (χ4n) is 1.69. The highest BCUT2D eigenvalue weighted by Crippen LogP contribution is 2.28. The number of rotatable bonds is 2. The molecule has 1 heterocycles. The Hall–Kier alpha value is -2.04. The first-order chi connectivity index (χ1) is 7.72. The number of amidine groups is 1. The molecule has 0 saturated heterocycles. The first-order valence-electron chi connectivity index (χ1n) is 5.01. The molecule has 1 aliphatic rings. The normalized spacial score (nSPS) is 18.8. The molecule has 84 valence electrons. The average molecular weight is 219 g/mol. The molecule has 5 nitrogen and oxygen atoms in total. The summed E-state index contributed by atoms with van der Waals surface area (Å²) in [6.07, 6.45) is 0.395. The molecule has 0 saturated carbocycles. The van der Waals surface area contributed by atoms with E-state index in [-0.39, 0.29) is 6.10 Å². The van der Waals surface area contributed by atoms with Crippen LogP contribution in [0.4, 0.5) is 0 Å². The first-order valence-corrected chi connectivity index (χ1v) is 5.01. The van der Waals surface area contributed by atoms with Gasteiger partial charge in [0, 0.05) is 18.2 Å². The number of hydrogen-bond donors (Lipinski definition) is 2. The Morgan fingerprint density at radius 1 is 1.56 bits per heavy atom. The minimum Gasteiger partial charge on any atom is -0.386 e. The van der Waals surface area contributed by atoms with Gasteiger partial charge in [-0.2, -0.15) is 0 Å². The maximum atomic E-state index is 11.2. The summed E-state index contributed by atoms with van der Waals surface area (Å²) in [4.78, 5) is 16.5. The Morgan fingerprint density at radius 3 is 2.94 bits per heavy atom. The largest absolute Gasteiger partial charge is 0.386 e. The molecule has 0 aromatic heterocycles. The van der Waals surface area contributed by atoms with Crippen molar-refractivity contribution in [1.29, 1.82) is 0 Å². The van der Waals surface area contributed by atoms with Gasteiger partial charge in [-0.1, -0.05) is 23.4 Å². The fraction of sp³-hybridized carbons (Fsp3) is 0.273. The fourth-order valence-corrected chi connectivity index (χ4v) is 1.69. The molecule has 1 aliphatic heterocycles. The van der Waals surface area contributed by atoms with Crippen molar-refractivity contribution in [3.63, 3.8) is 0 Å². The van der Waals surface area contributed by atoms with Gasteiger partial charge in [-0.25, -0.2) is 0 Å². The molecule has 3 N–H and O–H groups in total. The molecule has 1 aromatic rings. The molecule has 0 spiro atoms. The summed E-state index contributed by atoms with van der Waals surface area (Å²) >= 11 is 0. The number of hydrogen-bond acceptors (Lipinski definition) is 4. The van der Waals surface area contributed by atoms with Gasteiger partial charge in [0.1, 0.15) is 5.84 Å². The van der Waals surface area contributed by atoms with Crippen LogP contribution in [-0.4, -0.2) is 18.8 Å². The van der Waals surface area contributed by atoms with E-state index < -0.39 is 5.91 Å². The molecular weight excluding hydrogens is 206 g/mol. The topological polar surface area (TPSA) is 76.7 Å². The van der Waals surface area contributed by atoms with Crippen molar-refractivity contribution in [1.82, 2.24) is 5.32 Å². The number of amides is 1. The van der Waals surface area contributed by atoms with E-state index in [0.29, 0.717) is 12.0 Å². The summed E-state index contributed by atoms with van der Waals surface area (Å²) in [5.41, 5.74) is 6.57. The van der Waals surface area contributed by atoms with E-state index in [1.165, 1.54) is 0 Å². The summed E-state index contributed by atoms with van der Waals surface area (Å²) < 4.78 is 0. The summed E-state index contributed by atoms with van der Waals surface area (Å²) in [5.74, 6) is 0.321. The smallest absolute Gasteiger partial charge is 0.249 e. The molecule has 0 bridgehead atoms. The molecule has 0 radical (unpaired) electrons. The number of primary amides is 1. The van der Waals surface area contributed by atoms with Crippen LogP contribution in [0.25, 0.3) is 0 Å². The van der Waals surface area contributed by atoms with Crippen LogP contribution in [0.1, 0.15) is 28.4 Å². The molecule has 1 aromatic carbocycles. The van der Waals surface area contributed by atoms with E-state index in [1.54, 1.807) is 19.2 Å². The zero-order valence-electron chi connectivity index (χ0n) is 8.93. The van der Waals surface area contributed by atoms with E-state index in [9.17, 15) is 4.79 Å². The minimum atomic E-state index is -0.447. The number of carbonyl (C=O) groups is 1. The number of nitrogens with two attached hydrogens (primary N) is 1. The molecule has 1 unspecified atom stereocenters. The Balaban J connectivity index is 2.26. The SMILES string of the molecule is CNC1=NOC(c2ccccc2C(N)=O)C1. The Morgan fingerprint density at radius 2 is 2.31 bits per heavy atom. The van der Waals surface area contributed by atoms with Gasteiger partial charge < -0.3 is 15.9 Å². The van der Waals surface area contributed by atoms with Gasteiger partial charge in [-0.3, -0.25) is 4.79 Å². The van der Waals surface area contributed by atoms with Gasteiger partial charge >= 0.3 is 0 Å². The zero-order valence-corrected chi connectivity index (χ0v) is 8.93. The quantitative estimate of drug-likeness (QED) is 0.771. The van der Waals surface area contributed by atoms with E-state index in [2.05, 4.69) is 10.5 Å². The maximum Gasteiger partial charge on any atom is 0.249 e. The van der Waals surface area contributed by atoms with E-state index in [1.807, 2.05) is 12.1 Å².